The Morgan fingerprint density at radius 1 is 1.70 bits per heavy atom. The molecule has 0 aromatic rings. The molecular formula is C8H13NO. The van der Waals surface area contributed by atoms with Crippen LogP contribution in [0.15, 0.2) is 4.99 Å². The minimum atomic E-state index is 0.476. The van der Waals surface area contributed by atoms with E-state index in [1.165, 1.54) is 19.3 Å². The average Bonchev–Trinajstić information content (AvgIpc) is 2.71. The van der Waals surface area contributed by atoms with Crippen molar-refractivity contribution in [3.8, 4) is 0 Å². The molecule has 1 saturated carbocycles. The van der Waals surface area contributed by atoms with Crippen LogP contribution in [0.2, 0.25) is 0 Å². The lowest BCUT2D eigenvalue weighted by Crippen LogP contribution is -2.28. The van der Waals surface area contributed by atoms with E-state index in [0.717, 1.165) is 6.61 Å². The van der Waals surface area contributed by atoms with E-state index in [2.05, 4.69) is 11.9 Å². The zero-order chi connectivity index (χ0) is 7.03. The molecular weight excluding hydrogens is 126 g/mol. The Bertz CT molecular complexity index is 161. The third kappa shape index (κ3) is 0.746. The van der Waals surface area contributed by atoms with E-state index in [1.54, 1.807) is 6.40 Å². The molecule has 2 nitrogen and oxygen atoms in total. The fourth-order valence-electron chi connectivity index (χ4n) is 1.75. The van der Waals surface area contributed by atoms with Crippen LogP contribution in [-0.2, 0) is 4.74 Å². The third-order valence-corrected chi connectivity index (χ3v) is 2.67. The van der Waals surface area contributed by atoms with Crippen LogP contribution in [0.1, 0.15) is 26.2 Å². The highest BCUT2D eigenvalue weighted by Crippen LogP contribution is 2.52. The Balaban J connectivity index is 2.12. The number of rotatable bonds is 1. The van der Waals surface area contributed by atoms with Gasteiger partial charge in [0.25, 0.3) is 0 Å². The van der Waals surface area contributed by atoms with Crippen LogP contribution in [0.25, 0.3) is 0 Å². The van der Waals surface area contributed by atoms with Gasteiger partial charge in [-0.05, 0) is 19.3 Å². The number of nitrogens with zero attached hydrogens (tertiary/aromatic N) is 1. The summed E-state index contributed by atoms with van der Waals surface area (Å²) in [4.78, 5) is 4.32. The minimum absolute atomic E-state index is 0.476. The molecule has 56 valence electrons. The van der Waals surface area contributed by atoms with Crippen LogP contribution in [0.4, 0.5) is 0 Å². The van der Waals surface area contributed by atoms with Crippen LogP contribution < -0.4 is 0 Å². The third-order valence-electron chi connectivity index (χ3n) is 2.67. The van der Waals surface area contributed by atoms with E-state index in [4.69, 9.17) is 4.74 Å². The first-order chi connectivity index (χ1) is 4.87. The second-order valence-corrected chi connectivity index (χ2v) is 3.35. The summed E-state index contributed by atoms with van der Waals surface area (Å²) in [6, 6.07) is 0.557. The number of hydrogen-bond acceptors (Lipinski definition) is 2. The predicted molar refractivity (Wildman–Crippen MR) is 40.2 cm³/mol. The maximum absolute atomic E-state index is 5.19. The molecule has 0 aromatic heterocycles. The van der Waals surface area contributed by atoms with E-state index < -0.39 is 0 Å². The van der Waals surface area contributed by atoms with Crippen molar-refractivity contribution in [3.05, 3.63) is 0 Å². The molecule has 1 aliphatic carbocycles. The van der Waals surface area contributed by atoms with Gasteiger partial charge in [0.15, 0.2) is 6.40 Å². The molecule has 0 bridgehead atoms. The zero-order valence-corrected chi connectivity index (χ0v) is 6.34. The van der Waals surface area contributed by atoms with E-state index in [9.17, 15) is 0 Å². The van der Waals surface area contributed by atoms with Gasteiger partial charge in [-0.25, -0.2) is 0 Å². The molecule has 2 heteroatoms. The largest absolute Gasteiger partial charge is 0.483 e. The first-order valence-corrected chi connectivity index (χ1v) is 4.01. The van der Waals surface area contributed by atoms with E-state index >= 15 is 0 Å². The average molecular weight is 139 g/mol. The van der Waals surface area contributed by atoms with Crippen LogP contribution in [0, 0.1) is 5.41 Å². The molecule has 0 unspecified atom stereocenters. The maximum atomic E-state index is 5.19. The molecule has 10 heavy (non-hydrogen) atoms. The number of ether oxygens (including phenoxy) is 1. The van der Waals surface area contributed by atoms with Gasteiger partial charge < -0.3 is 4.74 Å². The van der Waals surface area contributed by atoms with Crippen LogP contribution in [-0.4, -0.2) is 19.0 Å². The molecule has 2 rings (SSSR count). The van der Waals surface area contributed by atoms with Gasteiger partial charge in [0.2, 0.25) is 0 Å². The first kappa shape index (κ1) is 6.20. The van der Waals surface area contributed by atoms with E-state index in [-0.39, 0.29) is 0 Å². The highest BCUT2D eigenvalue weighted by Gasteiger charge is 2.50. The van der Waals surface area contributed by atoms with E-state index in [1.807, 2.05) is 0 Å². The van der Waals surface area contributed by atoms with Gasteiger partial charge in [0.05, 0.1) is 12.6 Å². The summed E-state index contributed by atoms with van der Waals surface area (Å²) in [5, 5.41) is 0. The quantitative estimate of drug-likeness (QED) is 0.540. The highest BCUT2D eigenvalue weighted by atomic mass is 16.5. The Kier molecular flexibility index (Phi) is 1.22. The standard InChI is InChI=1S/C8H13NO/c1-2-7-8(3-4-8)5-10-6-9-7/h6-7H,2-5H2,1H3/t7-/m1/s1. The summed E-state index contributed by atoms with van der Waals surface area (Å²) in [5.41, 5.74) is 0.476. The van der Waals surface area contributed by atoms with Gasteiger partial charge in [0, 0.05) is 5.41 Å². The smallest absolute Gasteiger partial charge is 0.169 e. The molecule has 0 aromatic carbocycles. The predicted octanol–water partition coefficient (Wildman–Crippen LogP) is 1.60. The normalized spacial score (nSPS) is 33.9. The Morgan fingerprint density at radius 2 is 2.50 bits per heavy atom. The summed E-state index contributed by atoms with van der Waals surface area (Å²) in [6.45, 7) is 3.11. The molecule has 0 N–H and O–H groups in total. The topological polar surface area (TPSA) is 21.6 Å². The highest BCUT2D eigenvalue weighted by molar-refractivity contribution is 5.48. The minimum Gasteiger partial charge on any atom is -0.483 e. The summed E-state index contributed by atoms with van der Waals surface area (Å²) in [6.07, 6.45) is 5.43. The Morgan fingerprint density at radius 3 is 3.00 bits per heavy atom. The first-order valence-electron chi connectivity index (χ1n) is 4.01. The van der Waals surface area contributed by atoms with Gasteiger partial charge in [-0.1, -0.05) is 6.92 Å². The van der Waals surface area contributed by atoms with E-state index in [0.29, 0.717) is 11.5 Å². The molecule has 1 heterocycles. The molecule has 0 radical (unpaired) electrons. The van der Waals surface area contributed by atoms with Gasteiger partial charge in [-0.3, -0.25) is 4.99 Å². The lowest BCUT2D eigenvalue weighted by molar-refractivity contribution is 0.179. The van der Waals surface area contributed by atoms with Gasteiger partial charge in [-0.15, -0.1) is 0 Å². The Labute approximate surface area is 61.3 Å². The van der Waals surface area contributed by atoms with Crippen LogP contribution in [0.3, 0.4) is 0 Å². The SMILES string of the molecule is CC[C@H]1N=COCC12CC2. The summed E-state index contributed by atoms with van der Waals surface area (Å²) in [5.74, 6) is 0. The van der Waals surface area contributed by atoms with Crippen molar-refractivity contribution < 1.29 is 4.74 Å². The molecule has 1 atom stereocenters. The van der Waals surface area contributed by atoms with Crippen molar-refractivity contribution in [1.29, 1.82) is 0 Å². The van der Waals surface area contributed by atoms with Gasteiger partial charge in [-0.2, -0.15) is 0 Å². The number of aliphatic imine (C=N–C) groups is 1. The fourth-order valence-corrected chi connectivity index (χ4v) is 1.75. The lowest BCUT2D eigenvalue weighted by Gasteiger charge is -2.25. The molecule has 1 fully saturated rings. The van der Waals surface area contributed by atoms with Crippen LogP contribution in [0.5, 0.6) is 0 Å². The number of hydrogen-bond donors (Lipinski definition) is 0. The summed E-state index contributed by atoms with van der Waals surface area (Å²) in [7, 11) is 0. The monoisotopic (exact) mass is 139 g/mol. The molecule has 0 saturated heterocycles. The molecule has 2 aliphatic rings. The zero-order valence-electron chi connectivity index (χ0n) is 6.34. The molecule has 0 amide bonds. The van der Waals surface area contributed by atoms with Crippen molar-refractivity contribution in [1.82, 2.24) is 0 Å². The van der Waals surface area contributed by atoms with Crippen molar-refractivity contribution in [2.24, 2.45) is 10.4 Å². The maximum Gasteiger partial charge on any atom is 0.169 e. The van der Waals surface area contributed by atoms with Crippen molar-refractivity contribution >= 4 is 6.40 Å². The second-order valence-electron chi connectivity index (χ2n) is 3.35. The second kappa shape index (κ2) is 1.97. The van der Waals surface area contributed by atoms with Gasteiger partial charge in [0.1, 0.15) is 0 Å². The summed E-state index contributed by atoms with van der Waals surface area (Å²) < 4.78 is 5.19. The van der Waals surface area contributed by atoms with Gasteiger partial charge >= 0.3 is 0 Å². The lowest BCUT2D eigenvalue weighted by atomic mass is 9.95. The Hall–Kier alpha value is -0.530. The van der Waals surface area contributed by atoms with Crippen LogP contribution >= 0.6 is 0 Å². The summed E-state index contributed by atoms with van der Waals surface area (Å²) >= 11 is 0. The van der Waals surface area contributed by atoms with Crippen molar-refractivity contribution in [2.75, 3.05) is 6.61 Å². The molecule has 1 aliphatic heterocycles. The van der Waals surface area contributed by atoms with Crippen molar-refractivity contribution in [3.63, 3.8) is 0 Å². The fraction of sp³-hybridized carbons (Fsp3) is 0.875. The molecule has 1 spiro atoms. The van der Waals surface area contributed by atoms with Crippen molar-refractivity contribution in [2.45, 2.75) is 32.2 Å².